The van der Waals surface area contributed by atoms with E-state index in [2.05, 4.69) is 71.0 Å². The van der Waals surface area contributed by atoms with E-state index < -0.39 is 8.07 Å². The Morgan fingerprint density at radius 3 is 2.61 bits per heavy atom. The van der Waals surface area contributed by atoms with Crippen molar-refractivity contribution in [1.29, 1.82) is 0 Å². The summed E-state index contributed by atoms with van der Waals surface area (Å²) < 4.78 is 2.11. The van der Waals surface area contributed by atoms with E-state index in [4.69, 9.17) is 16.6 Å². The van der Waals surface area contributed by atoms with Crippen LogP contribution in [0.1, 0.15) is 28.1 Å². The van der Waals surface area contributed by atoms with Crippen LogP contribution in [0.15, 0.2) is 59.9 Å². The molecule has 0 N–H and O–H groups in total. The Balaban J connectivity index is 1.93. The van der Waals surface area contributed by atoms with Gasteiger partial charge in [0, 0.05) is 16.7 Å². The first-order chi connectivity index (χ1) is 13.5. The van der Waals surface area contributed by atoms with Crippen LogP contribution in [0, 0.1) is 11.5 Å². The predicted octanol–water partition coefficient (Wildman–Crippen LogP) is 5.19. The molecule has 0 saturated carbocycles. The molecule has 140 valence electrons. The lowest BCUT2D eigenvalue weighted by Gasteiger charge is -2.12. The zero-order valence-electron chi connectivity index (χ0n) is 16.3. The number of hydrogen-bond acceptors (Lipinski definition) is 2. The fourth-order valence-corrected chi connectivity index (χ4v) is 4.00. The summed E-state index contributed by atoms with van der Waals surface area (Å²) in [6.45, 7) is 7.32. The average molecular weight is 404 g/mol. The minimum atomic E-state index is -1.45. The summed E-state index contributed by atoms with van der Waals surface area (Å²) >= 11 is 6.11. The van der Waals surface area contributed by atoms with Crippen LogP contribution < -0.4 is 0 Å². The molecule has 0 aliphatic carbocycles. The van der Waals surface area contributed by atoms with Crippen LogP contribution in [-0.2, 0) is 12.4 Å². The lowest BCUT2D eigenvalue weighted by molar-refractivity contribution is 0.912. The Kier molecular flexibility index (Phi) is 4.97. The van der Waals surface area contributed by atoms with E-state index >= 15 is 0 Å². The van der Waals surface area contributed by atoms with Gasteiger partial charge in [-0.15, -0.1) is 17.1 Å². The summed E-state index contributed by atoms with van der Waals surface area (Å²) in [6.07, 6.45) is 1.85. The van der Waals surface area contributed by atoms with E-state index in [-0.39, 0.29) is 0 Å². The van der Waals surface area contributed by atoms with E-state index in [1.54, 1.807) is 0 Å². The van der Waals surface area contributed by atoms with Gasteiger partial charge in [-0.3, -0.25) is 4.99 Å². The minimum absolute atomic E-state index is 0.383. The van der Waals surface area contributed by atoms with Gasteiger partial charge in [0.1, 0.15) is 8.07 Å². The van der Waals surface area contributed by atoms with Crippen molar-refractivity contribution in [2.75, 3.05) is 0 Å². The number of hydrogen-bond donors (Lipinski definition) is 0. The predicted molar refractivity (Wildman–Crippen MR) is 119 cm³/mol. The monoisotopic (exact) mass is 403 g/mol. The summed E-state index contributed by atoms with van der Waals surface area (Å²) in [4.78, 5) is 9.45. The van der Waals surface area contributed by atoms with Crippen LogP contribution in [-0.4, -0.2) is 23.3 Å². The highest BCUT2D eigenvalue weighted by Gasteiger charge is 2.21. The van der Waals surface area contributed by atoms with Crippen LogP contribution in [0.3, 0.4) is 0 Å². The first kappa shape index (κ1) is 18.7. The Hall–Kier alpha value is -2.61. The maximum Gasteiger partial charge on any atom is 0.129 e. The first-order valence-corrected chi connectivity index (χ1v) is 13.4. The first-order valence-electron chi connectivity index (χ1n) is 9.35. The lowest BCUT2D eigenvalue weighted by Crippen LogP contribution is -2.16. The maximum absolute atomic E-state index is 6.11. The molecule has 0 atom stereocenters. The largest absolute Gasteiger partial charge is 0.300 e. The second-order valence-corrected chi connectivity index (χ2v) is 12.9. The van der Waals surface area contributed by atoms with Crippen LogP contribution in [0.4, 0.5) is 0 Å². The van der Waals surface area contributed by atoms with Crippen LogP contribution >= 0.6 is 11.6 Å². The Bertz CT molecular complexity index is 1110. The number of alkyl halides is 1. The molecule has 3 nitrogen and oxygen atoms in total. The number of nitrogens with zero attached hydrogens (tertiary/aromatic N) is 3. The van der Waals surface area contributed by atoms with E-state index in [9.17, 15) is 0 Å². The van der Waals surface area contributed by atoms with Gasteiger partial charge < -0.3 is 4.57 Å². The van der Waals surface area contributed by atoms with Gasteiger partial charge in [0.25, 0.3) is 0 Å². The SMILES string of the molecule is C[Si](C)(C)C#Cc1ccc2c(c1)C(c1ccccc1)=NCc1c(CCl)ncn1-2. The number of imidazole rings is 1. The van der Waals surface area contributed by atoms with Crippen LogP contribution in [0.2, 0.25) is 19.6 Å². The Morgan fingerprint density at radius 2 is 1.89 bits per heavy atom. The van der Waals surface area contributed by atoms with Crippen molar-refractivity contribution < 1.29 is 0 Å². The van der Waals surface area contributed by atoms with Crippen molar-refractivity contribution in [3.8, 4) is 17.2 Å². The van der Waals surface area contributed by atoms with Crippen LogP contribution in [0.25, 0.3) is 5.69 Å². The quantitative estimate of drug-likeness (QED) is 0.329. The van der Waals surface area contributed by atoms with Gasteiger partial charge in [0.15, 0.2) is 0 Å². The van der Waals surface area contributed by atoms with Crippen LogP contribution in [0.5, 0.6) is 0 Å². The standard InChI is InChI=1S/C23H22ClN3Si/c1-28(2,3)12-11-17-9-10-21-19(13-17)23(18-7-5-4-6-8-18)25-15-22-20(14-24)26-16-27(21)22/h4-10,13,16H,14-15H2,1-3H3. The lowest BCUT2D eigenvalue weighted by atomic mass is 9.98. The highest BCUT2D eigenvalue weighted by molar-refractivity contribution is 6.83. The van der Waals surface area contributed by atoms with Gasteiger partial charge in [-0.2, -0.15) is 0 Å². The normalized spacial score (nSPS) is 12.9. The minimum Gasteiger partial charge on any atom is -0.300 e. The van der Waals surface area contributed by atoms with Gasteiger partial charge in [-0.1, -0.05) is 55.9 Å². The fourth-order valence-electron chi connectivity index (χ4n) is 3.25. The van der Waals surface area contributed by atoms with E-state index in [1.807, 2.05) is 24.5 Å². The number of benzene rings is 2. The van der Waals surface area contributed by atoms with Gasteiger partial charge in [-0.25, -0.2) is 4.98 Å². The molecule has 1 aliphatic rings. The van der Waals surface area contributed by atoms with Gasteiger partial charge in [0.2, 0.25) is 0 Å². The molecule has 1 aromatic heterocycles. The highest BCUT2D eigenvalue weighted by atomic mass is 35.5. The summed E-state index contributed by atoms with van der Waals surface area (Å²) in [7, 11) is -1.45. The molecule has 5 heteroatoms. The molecule has 0 spiro atoms. The number of fused-ring (bicyclic) bond motifs is 3. The zero-order valence-corrected chi connectivity index (χ0v) is 18.1. The molecular weight excluding hydrogens is 382 g/mol. The second-order valence-electron chi connectivity index (χ2n) is 7.90. The summed E-state index contributed by atoms with van der Waals surface area (Å²) in [6, 6.07) is 16.7. The number of aromatic nitrogens is 2. The van der Waals surface area contributed by atoms with Gasteiger partial charge in [-0.05, 0) is 18.2 Å². The smallest absolute Gasteiger partial charge is 0.129 e. The van der Waals surface area contributed by atoms with Crippen molar-refractivity contribution in [3.63, 3.8) is 0 Å². The summed E-state index contributed by atoms with van der Waals surface area (Å²) in [5.74, 6) is 3.76. The summed E-state index contributed by atoms with van der Waals surface area (Å²) in [5.41, 5.74) is 10.6. The molecule has 0 bridgehead atoms. The molecule has 0 saturated heterocycles. The van der Waals surface area contributed by atoms with E-state index in [0.29, 0.717) is 12.4 Å². The molecule has 0 radical (unpaired) electrons. The number of rotatable bonds is 2. The Morgan fingerprint density at radius 1 is 1.11 bits per heavy atom. The van der Waals surface area contributed by atoms with Crippen molar-refractivity contribution >= 4 is 25.4 Å². The molecular formula is C23H22ClN3Si. The molecule has 0 fully saturated rings. The molecule has 0 unspecified atom stereocenters. The third kappa shape index (κ3) is 3.69. The molecule has 28 heavy (non-hydrogen) atoms. The van der Waals surface area contributed by atoms with E-state index in [0.717, 1.165) is 39.5 Å². The number of aliphatic imine (C=N–C) groups is 1. The topological polar surface area (TPSA) is 30.2 Å². The van der Waals surface area contributed by atoms with Crippen molar-refractivity contribution in [1.82, 2.24) is 9.55 Å². The molecule has 3 aromatic rings. The Labute approximate surface area is 172 Å². The zero-order chi connectivity index (χ0) is 19.7. The fraction of sp³-hybridized carbons (Fsp3) is 0.217. The molecule has 4 rings (SSSR count). The maximum atomic E-state index is 6.11. The molecule has 0 amide bonds. The molecule has 1 aliphatic heterocycles. The summed E-state index contributed by atoms with van der Waals surface area (Å²) in [5, 5.41) is 0. The van der Waals surface area contributed by atoms with E-state index in [1.165, 1.54) is 0 Å². The highest BCUT2D eigenvalue weighted by Crippen LogP contribution is 2.28. The second kappa shape index (κ2) is 7.42. The van der Waals surface area contributed by atoms with Crippen molar-refractivity contribution in [2.24, 2.45) is 4.99 Å². The van der Waals surface area contributed by atoms with Gasteiger partial charge in [0.05, 0.1) is 41.5 Å². The third-order valence-corrected chi connectivity index (χ3v) is 5.73. The van der Waals surface area contributed by atoms with Crippen molar-refractivity contribution in [2.45, 2.75) is 32.1 Å². The van der Waals surface area contributed by atoms with Crippen molar-refractivity contribution in [3.05, 3.63) is 82.9 Å². The molecule has 2 heterocycles. The number of halogens is 1. The average Bonchev–Trinajstić information content (AvgIpc) is 3.02. The third-order valence-electron chi connectivity index (χ3n) is 4.61. The molecule has 2 aromatic carbocycles. The van der Waals surface area contributed by atoms with Gasteiger partial charge >= 0.3 is 0 Å².